The summed E-state index contributed by atoms with van der Waals surface area (Å²) in [5.41, 5.74) is 8.28. The van der Waals surface area contributed by atoms with Crippen molar-refractivity contribution >= 4 is 17.6 Å². The van der Waals surface area contributed by atoms with Gasteiger partial charge in [0.25, 0.3) is 5.91 Å². The third-order valence-electron chi connectivity index (χ3n) is 4.07. The topological polar surface area (TPSA) is 92.9 Å². The van der Waals surface area contributed by atoms with E-state index in [1.165, 1.54) is 23.8 Å². The van der Waals surface area contributed by atoms with Crippen LogP contribution < -0.4 is 5.73 Å². The number of nitrogen functional groups attached to an aromatic ring is 1. The molecule has 0 bridgehead atoms. The van der Waals surface area contributed by atoms with E-state index in [1.54, 1.807) is 4.90 Å². The lowest BCUT2D eigenvalue weighted by Crippen LogP contribution is -2.38. The number of anilines is 1. The summed E-state index contributed by atoms with van der Waals surface area (Å²) < 4.78 is 5.05. The van der Waals surface area contributed by atoms with Crippen LogP contribution in [0.2, 0.25) is 0 Å². The fourth-order valence-corrected chi connectivity index (χ4v) is 2.73. The van der Waals surface area contributed by atoms with Crippen molar-refractivity contribution in [1.29, 1.82) is 0 Å². The van der Waals surface area contributed by atoms with Crippen molar-refractivity contribution in [1.82, 2.24) is 4.90 Å². The summed E-state index contributed by atoms with van der Waals surface area (Å²) in [4.78, 5) is 26.0. The van der Waals surface area contributed by atoms with Gasteiger partial charge in [0.1, 0.15) is 5.75 Å². The van der Waals surface area contributed by atoms with Crippen molar-refractivity contribution in [3.63, 3.8) is 0 Å². The second-order valence-electron chi connectivity index (χ2n) is 5.68. The van der Waals surface area contributed by atoms with Gasteiger partial charge in [0, 0.05) is 18.8 Å². The highest BCUT2D eigenvalue weighted by Crippen LogP contribution is 2.20. The zero-order valence-corrected chi connectivity index (χ0v) is 13.1. The number of benzene rings is 2. The highest BCUT2D eigenvalue weighted by molar-refractivity contribution is 5.96. The van der Waals surface area contributed by atoms with Crippen LogP contribution in [0.4, 0.5) is 5.69 Å². The first kappa shape index (κ1) is 15.9. The number of hydrogen-bond acceptors (Lipinski definition) is 5. The van der Waals surface area contributed by atoms with E-state index in [9.17, 15) is 14.7 Å². The molecule has 0 fully saturated rings. The maximum absolute atomic E-state index is 12.3. The minimum Gasteiger partial charge on any atom is -0.508 e. The van der Waals surface area contributed by atoms with Crippen molar-refractivity contribution in [3.8, 4) is 5.75 Å². The molecule has 2 aromatic carbocycles. The number of rotatable bonds is 3. The van der Waals surface area contributed by atoms with E-state index in [0.29, 0.717) is 13.1 Å². The third kappa shape index (κ3) is 3.32. The summed E-state index contributed by atoms with van der Waals surface area (Å²) in [7, 11) is 0. The van der Waals surface area contributed by atoms with Gasteiger partial charge in [-0.05, 0) is 35.7 Å². The van der Waals surface area contributed by atoms with Crippen molar-refractivity contribution in [2.24, 2.45) is 0 Å². The van der Waals surface area contributed by atoms with Crippen molar-refractivity contribution in [2.45, 2.75) is 13.0 Å². The molecule has 0 atom stereocenters. The Morgan fingerprint density at radius 2 is 1.92 bits per heavy atom. The molecule has 0 saturated carbocycles. The average molecular weight is 326 g/mol. The summed E-state index contributed by atoms with van der Waals surface area (Å²) in [5.74, 6) is -1.07. The number of carbonyl (C=O) groups is 2. The Labute approximate surface area is 139 Å². The number of nitrogens with zero attached hydrogens (tertiary/aromatic N) is 1. The van der Waals surface area contributed by atoms with Crippen molar-refractivity contribution in [3.05, 3.63) is 59.2 Å². The molecule has 6 nitrogen and oxygen atoms in total. The first-order valence-corrected chi connectivity index (χ1v) is 7.65. The second-order valence-corrected chi connectivity index (χ2v) is 5.68. The van der Waals surface area contributed by atoms with Gasteiger partial charge in [-0.15, -0.1) is 0 Å². The maximum atomic E-state index is 12.3. The normalized spacial score (nSPS) is 13.2. The number of phenolic OH excluding ortho intramolecular Hbond substituents is 1. The van der Waals surface area contributed by atoms with Gasteiger partial charge in [-0.2, -0.15) is 0 Å². The van der Waals surface area contributed by atoms with Gasteiger partial charge in [-0.25, -0.2) is 4.79 Å². The van der Waals surface area contributed by atoms with Gasteiger partial charge < -0.3 is 20.5 Å². The second kappa shape index (κ2) is 6.62. The maximum Gasteiger partial charge on any atom is 0.340 e. The Hall–Kier alpha value is -3.02. The van der Waals surface area contributed by atoms with Crippen LogP contribution in [0.5, 0.6) is 5.75 Å². The van der Waals surface area contributed by atoms with Gasteiger partial charge in [-0.3, -0.25) is 4.79 Å². The van der Waals surface area contributed by atoms with E-state index < -0.39 is 5.97 Å². The van der Waals surface area contributed by atoms with Gasteiger partial charge in [-0.1, -0.05) is 24.3 Å². The number of hydrogen-bond donors (Lipinski definition) is 2. The molecule has 2 aromatic rings. The molecule has 1 amide bonds. The van der Waals surface area contributed by atoms with Crippen LogP contribution in [-0.2, 0) is 22.5 Å². The van der Waals surface area contributed by atoms with E-state index in [0.717, 1.165) is 12.0 Å². The fraction of sp³-hybridized carbons (Fsp3) is 0.222. The number of aromatic hydroxyl groups is 1. The predicted molar refractivity (Wildman–Crippen MR) is 88.4 cm³/mol. The van der Waals surface area contributed by atoms with Gasteiger partial charge in [0.05, 0.1) is 5.56 Å². The van der Waals surface area contributed by atoms with E-state index in [2.05, 4.69) is 6.07 Å². The van der Waals surface area contributed by atoms with Gasteiger partial charge in [0.2, 0.25) is 0 Å². The molecular formula is C18H18N2O4. The summed E-state index contributed by atoms with van der Waals surface area (Å²) >= 11 is 0. The zero-order valence-electron chi connectivity index (χ0n) is 13.1. The fourth-order valence-electron chi connectivity index (χ4n) is 2.73. The van der Waals surface area contributed by atoms with Crippen LogP contribution >= 0.6 is 0 Å². The van der Waals surface area contributed by atoms with Crippen molar-refractivity contribution < 1.29 is 19.4 Å². The molecule has 3 rings (SSSR count). The minimum atomic E-state index is -0.728. The third-order valence-corrected chi connectivity index (χ3v) is 4.07. The monoisotopic (exact) mass is 326 g/mol. The van der Waals surface area contributed by atoms with Crippen LogP contribution in [0.3, 0.4) is 0 Å². The van der Waals surface area contributed by atoms with E-state index >= 15 is 0 Å². The Morgan fingerprint density at radius 3 is 2.71 bits per heavy atom. The Kier molecular flexibility index (Phi) is 4.37. The van der Waals surface area contributed by atoms with Crippen LogP contribution in [0, 0.1) is 0 Å². The average Bonchev–Trinajstić information content (AvgIpc) is 2.61. The SMILES string of the molecule is Nc1ccc(O)cc1C(=O)OCC(=O)N1CCc2ccccc2C1. The summed E-state index contributed by atoms with van der Waals surface area (Å²) in [6.45, 7) is 0.762. The van der Waals surface area contributed by atoms with E-state index in [4.69, 9.17) is 10.5 Å². The van der Waals surface area contributed by atoms with Crippen molar-refractivity contribution in [2.75, 3.05) is 18.9 Å². The highest BCUT2D eigenvalue weighted by atomic mass is 16.5. The Balaban J connectivity index is 1.60. The van der Waals surface area contributed by atoms with E-state index in [-0.39, 0.29) is 29.5 Å². The van der Waals surface area contributed by atoms with Crippen LogP contribution in [-0.4, -0.2) is 35.0 Å². The molecular weight excluding hydrogens is 308 g/mol. The molecule has 0 unspecified atom stereocenters. The molecule has 1 aliphatic rings. The molecule has 1 aliphatic heterocycles. The predicted octanol–water partition coefficient (Wildman–Crippen LogP) is 1.72. The lowest BCUT2D eigenvalue weighted by molar-refractivity contribution is -0.135. The minimum absolute atomic E-state index is 0.0480. The highest BCUT2D eigenvalue weighted by Gasteiger charge is 2.22. The standard InChI is InChI=1S/C18H18N2O4/c19-16-6-5-14(21)9-15(16)18(23)24-11-17(22)20-8-7-12-3-1-2-4-13(12)10-20/h1-6,9,21H,7-8,10-11,19H2. The summed E-state index contributed by atoms with van der Waals surface area (Å²) in [6, 6.07) is 12.0. The first-order chi connectivity index (χ1) is 11.5. The lowest BCUT2D eigenvalue weighted by atomic mass is 10.00. The molecule has 0 aromatic heterocycles. The number of phenols is 1. The number of nitrogens with two attached hydrogens (primary N) is 1. The molecule has 1 heterocycles. The van der Waals surface area contributed by atoms with Crippen LogP contribution in [0.25, 0.3) is 0 Å². The lowest BCUT2D eigenvalue weighted by Gasteiger charge is -2.28. The smallest absolute Gasteiger partial charge is 0.340 e. The van der Waals surface area contributed by atoms with Gasteiger partial charge >= 0.3 is 5.97 Å². The summed E-state index contributed by atoms with van der Waals surface area (Å²) in [5, 5.41) is 9.42. The van der Waals surface area contributed by atoms with Crippen LogP contribution in [0.15, 0.2) is 42.5 Å². The molecule has 124 valence electrons. The molecule has 0 spiro atoms. The molecule has 0 saturated heterocycles. The zero-order chi connectivity index (χ0) is 17.1. The van der Waals surface area contributed by atoms with Crippen LogP contribution in [0.1, 0.15) is 21.5 Å². The molecule has 0 radical (unpaired) electrons. The summed E-state index contributed by atoms with van der Waals surface area (Å²) in [6.07, 6.45) is 0.787. The number of amides is 1. The molecule has 0 aliphatic carbocycles. The first-order valence-electron chi connectivity index (χ1n) is 7.65. The largest absolute Gasteiger partial charge is 0.508 e. The van der Waals surface area contributed by atoms with E-state index in [1.807, 2.05) is 18.2 Å². The number of carbonyl (C=O) groups excluding carboxylic acids is 2. The molecule has 24 heavy (non-hydrogen) atoms. The van der Waals surface area contributed by atoms with Gasteiger partial charge in [0.15, 0.2) is 6.61 Å². The Bertz CT molecular complexity index is 788. The molecule has 6 heteroatoms. The Morgan fingerprint density at radius 1 is 1.17 bits per heavy atom. The number of esters is 1. The number of ether oxygens (including phenoxy) is 1. The number of fused-ring (bicyclic) bond motifs is 1. The quantitative estimate of drug-likeness (QED) is 0.509. The molecule has 3 N–H and O–H groups in total.